The van der Waals surface area contributed by atoms with Crippen LogP contribution in [-0.4, -0.2) is 68.7 Å². The van der Waals surface area contributed by atoms with Gasteiger partial charge in [-0.2, -0.15) is 4.98 Å². The number of fused-ring (bicyclic) bond motifs is 2. The third-order valence-corrected chi connectivity index (χ3v) is 9.72. The Bertz CT molecular complexity index is 2110. The van der Waals surface area contributed by atoms with Gasteiger partial charge in [0.05, 0.1) is 28.3 Å². The number of benzene rings is 2. The molecule has 3 aromatic heterocycles. The lowest BCUT2D eigenvalue weighted by Crippen LogP contribution is -2.44. The van der Waals surface area contributed by atoms with E-state index in [0.29, 0.717) is 52.8 Å². The van der Waals surface area contributed by atoms with Gasteiger partial charge in [-0.05, 0) is 62.2 Å². The molecule has 48 heavy (non-hydrogen) atoms. The fraction of sp³-hybridized carbons (Fsp3) is 0.303. The first-order chi connectivity index (χ1) is 23.2. The number of nitrogens with two attached hydrogens (primary N) is 2. The van der Waals surface area contributed by atoms with E-state index in [0.717, 1.165) is 50.0 Å². The highest BCUT2D eigenvalue weighted by Crippen LogP contribution is 2.38. The van der Waals surface area contributed by atoms with Crippen LogP contribution in [0.15, 0.2) is 70.4 Å². The Morgan fingerprint density at radius 2 is 1.77 bits per heavy atom. The minimum atomic E-state index is -0.712. The molecule has 0 saturated carbocycles. The van der Waals surface area contributed by atoms with E-state index in [-0.39, 0.29) is 17.8 Å². The molecular weight excluding hydrogens is 637 g/mol. The number of hydrogen-bond acceptors (Lipinski definition) is 11. The number of likely N-dealkylation sites (tertiary alicyclic amines) is 1. The van der Waals surface area contributed by atoms with Crippen molar-refractivity contribution in [1.29, 1.82) is 0 Å². The van der Waals surface area contributed by atoms with Crippen molar-refractivity contribution in [2.45, 2.75) is 31.8 Å². The van der Waals surface area contributed by atoms with Crippen molar-refractivity contribution in [1.82, 2.24) is 29.3 Å². The van der Waals surface area contributed by atoms with Crippen LogP contribution in [-0.2, 0) is 6.54 Å². The molecule has 1 saturated heterocycles. The van der Waals surface area contributed by atoms with E-state index in [2.05, 4.69) is 25.1 Å². The molecule has 1 amide bonds. The normalized spacial score (nSPS) is 15.3. The van der Waals surface area contributed by atoms with Crippen molar-refractivity contribution in [2.24, 2.45) is 0 Å². The highest BCUT2D eigenvalue weighted by atomic mass is 32.1. The molecule has 248 valence electrons. The third-order valence-electron chi connectivity index (χ3n) is 8.71. The Morgan fingerprint density at radius 1 is 0.979 bits per heavy atom. The third kappa shape index (κ3) is 6.21. The van der Waals surface area contributed by atoms with Crippen LogP contribution in [0.1, 0.15) is 28.9 Å². The lowest BCUT2D eigenvalue weighted by Gasteiger charge is -2.32. The summed E-state index contributed by atoms with van der Waals surface area (Å²) in [6, 6.07) is 17.2. The van der Waals surface area contributed by atoms with Gasteiger partial charge in [0.25, 0.3) is 11.5 Å². The molecule has 0 aliphatic carbocycles. The van der Waals surface area contributed by atoms with Crippen molar-refractivity contribution in [3.63, 3.8) is 0 Å². The largest absolute Gasteiger partial charge is 0.490 e. The summed E-state index contributed by atoms with van der Waals surface area (Å²) < 4.78 is 22.4. The number of halogens is 1. The Hall–Kier alpha value is -5.28. The highest BCUT2D eigenvalue weighted by molar-refractivity contribution is 7.20. The number of thiophene rings is 1. The summed E-state index contributed by atoms with van der Waals surface area (Å²) in [6.45, 7) is 3.76. The second-order valence-corrected chi connectivity index (χ2v) is 12.8. The SMILES string of the molecule is Nc1nc(=O)n(CCCN2CCC(NC(=O)c3cc4c(nc(N)c(=O)n4-c4ccc5c(c4)N(c4ccccc4)CCO5)s3)CC2)cc1F. The fourth-order valence-electron chi connectivity index (χ4n) is 6.24. The summed E-state index contributed by atoms with van der Waals surface area (Å²) in [4.78, 5) is 51.9. The molecule has 2 aliphatic heterocycles. The number of nitrogens with zero attached hydrogens (tertiary/aromatic N) is 6. The number of nitrogens with one attached hydrogen (secondary N) is 1. The zero-order valence-electron chi connectivity index (χ0n) is 26.0. The van der Waals surface area contributed by atoms with Gasteiger partial charge in [-0.1, -0.05) is 18.2 Å². The van der Waals surface area contributed by atoms with Crippen LogP contribution in [0.25, 0.3) is 16.0 Å². The van der Waals surface area contributed by atoms with Crippen LogP contribution in [0, 0.1) is 5.82 Å². The molecule has 0 atom stereocenters. The van der Waals surface area contributed by atoms with E-state index >= 15 is 0 Å². The van der Waals surface area contributed by atoms with Crippen LogP contribution in [0.3, 0.4) is 0 Å². The molecule has 5 aromatic rings. The quantitative estimate of drug-likeness (QED) is 0.223. The van der Waals surface area contributed by atoms with E-state index in [1.54, 1.807) is 6.07 Å². The number of piperidine rings is 1. The summed E-state index contributed by atoms with van der Waals surface area (Å²) in [5.41, 5.74) is 13.3. The molecule has 5 N–H and O–H groups in total. The second kappa shape index (κ2) is 13.1. The van der Waals surface area contributed by atoms with E-state index in [9.17, 15) is 18.8 Å². The first-order valence-corrected chi connectivity index (χ1v) is 16.5. The Labute approximate surface area is 278 Å². The van der Waals surface area contributed by atoms with Crippen molar-refractivity contribution in [3.05, 3.63) is 92.3 Å². The average Bonchev–Trinajstić information content (AvgIpc) is 3.52. The number of carbonyl (C=O) groups excluding carboxylic acids is 1. The molecule has 0 spiro atoms. The van der Waals surface area contributed by atoms with Crippen LogP contribution < -0.4 is 37.7 Å². The van der Waals surface area contributed by atoms with Gasteiger partial charge < -0.3 is 31.3 Å². The van der Waals surface area contributed by atoms with Crippen LogP contribution >= 0.6 is 11.3 Å². The molecule has 2 aromatic carbocycles. The van der Waals surface area contributed by atoms with Crippen LogP contribution in [0.4, 0.5) is 27.4 Å². The van der Waals surface area contributed by atoms with E-state index in [4.69, 9.17) is 16.2 Å². The fourth-order valence-corrected chi connectivity index (χ4v) is 7.17. The number of anilines is 4. The van der Waals surface area contributed by atoms with Crippen molar-refractivity contribution in [3.8, 4) is 11.4 Å². The number of aryl methyl sites for hydroxylation is 1. The first kappa shape index (κ1) is 31.3. The minimum absolute atomic E-state index is 0.0261. The molecule has 2 aliphatic rings. The van der Waals surface area contributed by atoms with Crippen molar-refractivity contribution < 1.29 is 13.9 Å². The molecule has 5 heterocycles. The summed E-state index contributed by atoms with van der Waals surface area (Å²) >= 11 is 1.19. The Kier molecular flexibility index (Phi) is 8.54. The summed E-state index contributed by atoms with van der Waals surface area (Å²) in [5.74, 6) is -0.787. The first-order valence-electron chi connectivity index (χ1n) is 15.7. The van der Waals surface area contributed by atoms with Gasteiger partial charge in [0.1, 0.15) is 17.2 Å². The van der Waals surface area contributed by atoms with Gasteiger partial charge in [0.15, 0.2) is 17.5 Å². The van der Waals surface area contributed by atoms with Gasteiger partial charge in [-0.3, -0.25) is 18.7 Å². The number of carbonyl (C=O) groups is 1. The van der Waals surface area contributed by atoms with Crippen LogP contribution in [0.2, 0.25) is 0 Å². The monoisotopic (exact) mass is 671 g/mol. The van der Waals surface area contributed by atoms with Gasteiger partial charge in [-0.15, -0.1) is 11.3 Å². The van der Waals surface area contributed by atoms with Gasteiger partial charge in [0, 0.05) is 37.6 Å². The van der Waals surface area contributed by atoms with Gasteiger partial charge in [-0.25, -0.2) is 14.2 Å². The molecule has 15 heteroatoms. The predicted octanol–water partition coefficient (Wildman–Crippen LogP) is 3.12. The van der Waals surface area contributed by atoms with E-state index < -0.39 is 22.9 Å². The molecule has 1 fully saturated rings. The number of ether oxygens (including phenoxy) is 1. The highest BCUT2D eigenvalue weighted by Gasteiger charge is 2.25. The molecule has 0 bridgehead atoms. The van der Waals surface area contributed by atoms with Gasteiger partial charge in [0.2, 0.25) is 0 Å². The number of aromatic nitrogens is 4. The number of nitrogen functional groups attached to an aromatic ring is 2. The summed E-state index contributed by atoms with van der Waals surface area (Å²) in [5, 5.41) is 3.14. The van der Waals surface area contributed by atoms with E-state index in [1.807, 2.05) is 48.5 Å². The molecule has 0 radical (unpaired) electrons. The average molecular weight is 672 g/mol. The minimum Gasteiger partial charge on any atom is -0.490 e. The maximum Gasteiger partial charge on any atom is 0.349 e. The van der Waals surface area contributed by atoms with Crippen LogP contribution in [0.5, 0.6) is 5.75 Å². The van der Waals surface area contributed by atoms with E-state index in [1.165, 1.54) is 20.5 Å². The maximum absolute atomic E-state index is 13.7. The lowest BCUT2D eigenvalue weighted by molar-refractivity contribution is 0.0914. The molecule has 0 unspecified atom stereocenters. The standard InChI is InChI=1S/C33H34FN9O4S/c34-23-19-41(33(46)39-28(23)35)12-4-11-40-13-9-20(10-14-40)37-30(44)27-18-25-31(48-27)38-29(36)32(45)43(25)22-7-8-26-24(17-22)42(15-16-47-26)21-5-2-1-3-6-21/h1-3,5-8,17-20H,4,9-16H2,(H2,36,38)(H,37,44)(H2,35,39,46). The number of hydrogen-bond donors (Lipinski definition) is 3. The summed E-state index contributed by atoms with van der Waals surface area (Å²) in [6.07, 6.45) is 3.23. The maximum atomic E-state index is 13.7. The number of para-hydroxylation sites is 1. The molecule has 7 rings (SSSR count). The smallest absolute Gasteiger partial charge is 0.349 e. The van der Waals surface area contributed by atoms with Gasteiger partial charge >= 0.3 is 5.69 Å². The predicted molar refractivity (Wildman–Crippen MR) is 183 cm³/mol. The Morgan fingerprint density at radius 3 is 2.56 bits per heavy atom. The summed E-state index contributed by atoms with van der Waals surface area (Å²) in [7, 11) is 0. The zero-order chi connectivity index (χ0) is 33.4. The van der Waals surface area contributed by atoms with Crippen molar-refractivity contribution >= 4 is 50.6 Å². The second-order valence-electron chi connectivity index (χ2n) is 11.8. The zero-order valence-corrected chi connectivity index (χ0v) is 26.8. The molecular formula is C33H34FN9O4S. The number of rotatable bonds is 8. The Balaban J connectivity index is 1.04. The van der Waals surface area contributed by atoms with Crippen molar-refractivity contribution in [2.75, 3.05) is 49.2 Å². The number of amides is 1. The lowest BCUT2D eigenvalue weighted by atomic mass is 10.0. The topological polar surface area (TPSA) is 167 Å². The molecule has 13 nitrogen and oxygen atoms in total.